The minimum Gasteiger partial charge on any atom is -0.490 e. The maximum absolute atomic E-state index is 6.15. The number of piperidine rings is 1. The van der Waals surface area contributed by atoms with Gasteiger partial charge in [-0.25, -0.2) is 0 Å². The summed E-state index contributed by atoms with van der Waals surface area (Å²) in [6.45, 7) is 4.05. The highest BCUT2D eigenvalue weighted by atomic mass is 32.1. The van der Waals surface area contributed by atoms with E-state index < -0.39 is 0 Å². The van der Waals surface area contributed by atoms with Crippen molar-refractivity contribution >= 4 is 17.3 Å². The summed E-state index contributed by atoms with van der Waals surface area (Å²) in [5, 5.41) is 11.5. The highest BCUT2D eigenvalue weighted by molar-refractivity contribution is 7.07. The van der Waals surface area contributed by atoms with E-state index in [1.165, 1.54) is 30.4 Å². The predicted molar refractivity (Wildman–Crippen MR) is 121 cm³/mol. The van der Waals surface area contributed by atoms with Crippen LogP contribution in [0.1, 0.15) is 43.2 Å². The maximum Gasteiger partial charge on any atom is 0.191 e. The maximum atomic E-state index is 6.15. The molecule has 2 fully saturated rings. The molecule has 1 aromatic heterocycles. The Morgan fingerprint density at radius 2 is 2.00 bits per heavy atom. The van der Waals surface area contributed by atoms with Gasteiger partial charge in [-0.3, -0.25) is 9.89 Å². The number of thiophene rings is 1. The van der Waals surface area contributed by atoms with E-state index in [0.29, 0.717) is 12.1 Å². The summed E-state index contributed by atoms with van der Waals surface area (Å²) >= 11 is 1.78. The van der Waals surface area contributed by atoms with Crippen molar-refractivity contribution < 1.29 is 4.74 Å². The Kier molecular flexibility index (Phi) is 7.06. The lowest BCUT2D eigenvalue weighted by Gasteiger charge is -2.33. The molecule has 4 rings (SSSR count). The Morgan fingerprint density at radius 3 is 2.69 bits per heavy atom. The fourth-order valence-corrected chi connectivity index (χ4v) is 4.54. The van der Waals surface area contributed by atoms with E-state index in [1.54, 1.807) is 11.3 Å². The topological polar surface area (TPSA) is 48.9 Å². The zero-order valence-corrected chi connectivity index (χ0v) is 18.1. The van der Waals surface area contributed by atoms with E-state index in [1.807, 2.05) is 7.05 Å². The van der Waals surface area contributed by atoms with Gasteiger partial charge in [0, 0.05) is 44.8 Å². The molecule has 5 nitrogen and oxygen atoms in total. The molecule has 0 spiro atoms. The van der Waals surface area contributed by atoms with Crippen LogP contribution in [0, 0.1) is 0 Å². The van der Waals surface area contributed by atoms with Gasteiger partial charge < -0.3 is 15.4 Å². The number of guanidine groups is 1. The largest absolute Gasteiger partial charge is 0.490 e. The number of aliphatic imine (C=N–C) groups is 1. The second-order valence-electron chi connectivity index (χ2n) is 8.03. The molecule has 6 heteroatoms. The molecule has 29 heavy (non-hydrogen) atoms. The number of rotatable bonds is 7. The van der Waals surface area contributed by atoms with Gasteiger partial charge in [-0.2, -0.15) is 11.3 Å². The van der Waals surface area contributed by atoms with Crippen LogP contribution < -0.4 is 15.4 Å². The van der Waals surface area contributed by atoms with Crippen molar-refractivity contribution in [2.75, 3.05) is 20.1 Å². The van der Waals surface area contributed by atoms with Crippen molar-refractivity contribution in [3.05, 3.63) is 52.2 Å². The first-order valence-corrected chi connectivity index (χ1v) is 11.7. The lowest BCUT2D eigenvalue weighted by atomic mass is 9.96. The Labute approximate surface area is 178 Å². The van der Waals surface area contributed by atoms with E-state index in [2.05, 4.69) is 61.6 Å². The number of ether oxygens (including phenoxy) is 1. The highest BCUT2D eigenvalue weighted by Gasteiger charge is 2.21. The standard InChI is InChI=1S/C23H32N4OS/c1-24-23(25-15-19-5-2-3-8-22(19)28-21-6-4-7-21)26-20-9-12-27(13-10-20)16-18-11-14-29-17-18/h2-3,5,8,11,14,17,20-21H,4,6-7,9-10,12-13,15-16H2,1H3,(H2,24,25,26). The Morgan fingerprint density at radius 1 is 1.17 bits per heavy atom. The molecule has 0 atom stereocenters. The average Bonchev–Trinajstić information content (AvgIpc) is 3.23. The zero-order valence-electron chi connectivity index (χ0n) is 17.3. The SMILES string of the molecule is CN=C(NCc1ccccc1OC1CCC1)NC1CCN(Cc2ccsc2)CC1. The summed E-state index contributed by atoms with van der Waals surface area (Å²) in [5.74, 6) is 1.88. The van der Waals surface area contributed by atoms with Crippen LogP contribution >= 0.6 is 11.3 Å². The van der Waals surface area contributed by atoms with Gasteiger partial charge in [0.25, 0.3) is 0 Å². The molecule has 1 saturated carbocycles. The molecular formula is C23H32N4OS. The first-order chi connectivity index (χ1) is 14.3. The van der Waals surface area contributed by atoms with Crippen LogP contribution in [0.25, 0.3) is 0 Å². The number of benzene rings is 1. The van der Waals surface area contributed by atoms with E-state index in [9.17, 15) is 0 Å². The van der Waals surface area contributed by atoms with Crippen LogP contribution in [0.5, 0.6) is 5.75 Å². The summed E-state index contributed by atoms with van der Waals surface area (Å²) in [7, 11) is 1.85. The molecule has 2 N–H and O–H groups in total. The smallest absolute Gasteiger partial charge is 0.191 e. The van der Waals surface area contributed by atoms with Crippen molar-refractivity contribution in [1.82, 2.24) is 15.5 Å². The van der Waals surface area contributed by atoms with Crippen LogP contribution in [0.15, 0.2) is 46.1 Å². The van der Waals surface area contributed by atoms with Gasteiger partial charge in [0.15, 0.2) is 5.96 Å². The fraction of sp³-hybridized carbons (Fsp3) is 0.522. The predicted octanol–water partition coefficient (Wildman–Crippen LogP) is 4.01. The summed E-state index contributed by atoms with van der Waals surface area (Å²) in [4.78, 5) is 6.98. The first kappa shape index (κ1) is 20.2. The second-order valence-corrected chi connectivity index (χ2v) is 8.81. The van der Waals surface area contributed by atoms with Crippen LogP contribution in [0.3, 0.4) is 0 Å². The minimum absolute atomic E-state index is 0.396. The number of para-hydroxylation sites is 1. The van der Waals surface area contributed by atoms with Crippen molar-refractivity contribution in [2.24, 2.45) is 4.99 Å². The van der Waals surface area contributed by atoms with Crippen LogP contribution in [-0.2, 0) is 13.1 Å². The molecule has 1 aliphatic heterocycles. The van der Waals surface area contributed by atoms with Crippen molar-refractivity contribution in [3.8, 4) is 5.75 Å². The van der Waals surface area contributed by atoms with Gasteiger partial charge in [-0.15, -0.1) is 0 Å². The van der Waals surface area contributed by atoms with Gasteiger partial charge in [0.05, 0.1) is 6.10 Å². The van der Waals surface area contributed by atoms with Gasteiger partial charge in [-0.1, -0.05) is 18.2 Å². The lowest BCUT2D eigenvalue weighted by Crippen LogP contribution is -2.48. The molecule has 0 amide bonds. The Bertz CT molecular complexity index is 780. The van der Waals surface area contributed by atoms with E-state index in [4.69, 9.17) is 4.74 Å². The van der Waals surface area contributed by atoms with Gasteiger partial charge in [0.1, 0.15) is 5.75 Å². The van der Waals surface area contributed by atoms with E-state index >= 15 is 0 Å². The zero-order chi connectivity index (χ0) is 19.9. The number of hydrogen-bond donors (Lipinski definition) is 2. The third kappa shape index (κ3) is 5.73. The molecule has 1 aromatic carbocycles. The van der Waals surface area contributed by atoms with E-state index in [-0.39, 0.29) is 0 Å². The quantitative estimate of drug-likeness (QED) is 0.533. The molecule has 2 aromatic rings. The lowest BCUT2D eigenvalue weighted by molar-refractivity contribution is 0.119. The summed E-state index contributed by atoms with van der Waals surface area (Å²) < 4.78 is 6.15. The highest BCUT2D eigenvalue weighted by Crippen LogP contribution is 2.27. The van der Waals surface area contributed by atoms with Crippen molar-refractivity contribution in [1.29, 1.82) is 0 Å². The normalized spacial score (nSPS) is 19.0. The van der Waals surface area contributed by atoms with Gasteiger partial charge >= 0.3 is 0 Å². The third-order valence-corrected chi connectivity index (χ3v) is 6.64. The fourth-order valence-electron chi connectivity index (χ4n) is 3.88. The number of likely N-dealkylation sites (tertiary alicyclic amines) is 1. The van der Waals surface area contributed by atoms with Crippen molar-refractivity contribution in [3.63, 3.8) is 0 Å². The van der Waals surface area contributed by atoms with Crippen LogP contribution in [-0.4, -0.2) is 43.1 Å². The number of nitrogens with one attached hydrogen (secondary N) is 2. The molecule has 1 saturated heterocycles. The average molecular weight is 413 g/mol. The molecule has 2 heterocycles. The molecule has 156 valence electrons. The van der Waals surface area contributed by atoms with E-state index in [0.717, 1.165) is 50.7 Å². The van der Waals surface area contributed by atoms with Gasteiger partial charge in [-0.05, 0) is 60.6 Å². The number of hydrogen-bond acceptors (Lipinski definition) is 4. The molecule has 0 unspecified atom stereocenters. The third-order valence-electron chi connectivity index (χ3n) is 5.90. The summed E-state index contributed by atoms with van der Waals surface area (Å²) in [6, 6.07) is 11.0. The summed E-state index contributed by atoms with van der Waals surface area (Å²) in [6.07, 6.45) is 6.33. The Hall–Kier alpha value is -2.05. The van der Waals surface area contributed by atoms with Crippen LogP contribution in [0.4, 0.5) is 0 Å². The summed E-state index contributed by atoms with van der Waals surface area (Å²) in [5.41, 5.74) is 2.62. The second kappa shape index (κ2) is 10.1. The monoisotopic (exact) mass is 412 g/mol. The first-order valence-electron chi connectivity index (χ1n) is 10.8. The number of nitrogens with zero attached hydrogens (tertiary/aromatic N) is 2. The molecule has 0 bridgehead atoms. The van der Waals surface area contributed by atoms with Crippen molar-refractivity contribution in [2.45, 2.75) is 57.3 Å². The molecular weight excluding hydrogens is 380 g/mol. The minimum atomic E-state index is 0.396. The van der Waals surface area contributed by atoms with Gasteiger partial charge in [0.2, 0.25) is 0 Å². The Balaban J connectivity index is 1.23. The van der Waals surface area contributed by atoms with Crippen LogP contribution in [0.2, 0.25) is 0 Å². The molecule has 0 radical (unpaired) electrons. The molecule has 1 aliphatic carbocycles. The molecule has 2 aliphatic rings.